The number of aromatic nitrogens is 1. The molecule has 4 aromatic rings. The van der Waals surface area contributed by atoms with Gasteiger partial charge in [-0.25, -0.2) is 8.42 Å². The Balaban J connectivity index is 1.50. The predicted molar refractivity (Wildman–Crippen MR) is 129 cm³/mol. The molecule has 170 valence electrons. The van der Waals surface area contributed by atoms with E-state index in [-0.39, 0.29) is 23.5 Å². The van der Waals surface area contributed by atoms with Gasteiger partial charge in [-0.1, -0.05) is 30.3 Å². The largest absolute Gasteiger partial charge is 0.379 e. The molecule has 1 amide bonds. The lowest BCUT2D eigenvalue weighted by Crippen LogP contribution is -2.41. The highest BCUT2D eigenvalue weighted by Gasteiger charge is 2.30. The minimum absolute atomic E-state index is 0.00747. The highest BCUT2D eigenvalue weighted by atomic mass is 32.2. The summed E-state index contributed by atoms with van der Waals surface area (Å²) in [4.78, 5) is 13.2. The average Bonchev–Trinajstić information content (AvgIpc) is 3.17. The van der Waals surface area contributed by atoms with Crippen LogP contribution in [0.3, 0.4) is 0 Å². The zero-order valence-corrected chi connectivity index (χ0v) is 19.1. The van der Waals surface area contributed by atoms with Crippen molar-refractivity contribution in [3.63, 3.8) is 0 Å². The molecule has 0 saturated carbocycles. The van der Waals surface area contributed by atoms with Gasteiger partial charge in [-0.3, -0.25) is 4.79 Å². The van der Waals surface area contributed by atoms with Crippen LogP contribution in [0.25, 0.3) is 21.8 Å². The van der Waals surface area contributed by atoms with Gasteiger partial charge in [-0.05, 0) is 43.3 Å². The van der Waals surface area contributed by atoms with Gasteiger partial charge in [0.1, 0.15) is 0 Å². The van der Waals surface area contributed by atoms with Crippen molar-refractivity contribution >= 4 is 43.4 Å². The van der Waals surface area contributed by atoms with Crippen LogP contribution in [0.15, 0.2) is 71.6 Å². The summed E-state index contributed by atoms with van der Waals surface area (Å²) in [5.74, 6) is -0.457. The molecule has 0 unspecified atom stereocenters. The summed E-state index contributed by atoms with van der Waals surface area (Å²) in [7, 11) is -3.80. The van der Waals surface area contributed by atoms with Gasteiger partial charge in [0.05, 0.1) is 23.7 Å². The Bertz CT molecular complexity index is 1450. The molecule has 1 N–H and O–H groups in total. The van der Waals surface area contributed by atoms with Crippen LogP contribution in [-0.2, 0) is 21.3 Å². The zero-order valence-electron chi connectivity index (χ0n) is 18.3. The average molecular weight is 464 g/mol. The van der Waals surface area contributed by atoms with Crippen LogP contribution < -0.4 is 5.32 Å². The number of para-hydroxylation sites is 1. The summed E-state index contributed by atoms with van der Waals surface area (Å²) in [5.41, 5.74) is 2.97. The fraction of sp³-hybridized carbons (Fsp3) is 0.240. The number of ether oxygens (including phenoxy) is 1. The molecule has 3 aromatic carbocycles. The number of carbonyl (C=O) groups is 1. The number of morpholine rings is 1. The number of sulfonamides is 1. The second kappa shape index (κ2) is 8.62. The van der Waals surface area contributed by atoms with E-state index in [9.17, 15) is 13.2 Å². The Morgan fingerprint density at radius 2 is 1.64 bits per heavy atom. The third kappa shape index (κ3) is 3.80. The predicted octanol–water partition coefficient (Wildman–Crippen LogP) is 4.09. The van der Waals surface area contributed by atoms with Crippen LogP contribution in [-0.4, -0.2) is 49.5 Å². The number of hydrogen-bond donors (Lipinski definition) is 1. The van der Waals surface area contributed by atoms with E-state index in [0.29, 0.717) is 18.9 Å². The molecule has 7 nitrogen and oxygen atoms in total. The maximum atomic E-state index is 13.2. The normalized spacial score (nSPS) is 15.2. The molecule has 5 rings (SSSR count). The molecule has 0 aliphatic carbocycles. The molecule has 33 heavy (non-hydrogen) atoms. The maximum absolute atomic E-state index is 13.2. The second-order valence-corrected chi connectivity index (χ2v) is 9.87. The first-order valence-electron chi connectivity index (χ1n) is 11.0. The second-order valence-electron chi connectivity index (χ2n) is 7.96. The van der Waals surface area contributed by atoms with Crippen LogP contribution in [0.4, 0.5) is 5.69 Å². The SMILES string of the molecule is CCn1c2ccccc2c2cc(NC(=O)c3ccccc3S(=O)(=O)N3CCOCC3)ccc21. The van der Waals surface area contributed by atoms with E-state index in [1.54, 1.807) is 18.2 Å². The summed E-state index contributed by atoms with van der Waals surface area (Å²) in [6, 6.07) is 20.3. The van der Waals surface area contributed by atoms with Gasteiger partial charge in [0.25, 0.3) is 5.91 Å². The van der Waals surface area contributed by atoms with Gasteiger partial charge in [-0.15, -0.1) is 0 Å². The van der Waals surface area contributed by atoms with E-state index in [4.69, 9.17) is 4.74 Å². The number of aryl methyl sites for hydroxylation is 1. The molecule has 1 aliphatic heterocycles. The van der Waals surface area contributed by atoms with Crippen molar-refractivity contribution in [1.29, 1.82) is 0 Å². The molecule has 1 fully saturated rings. The molecule has 0 bridgehead atoms. The summed E-state index contributed by atoms with van der Waals surface area (Å²) < 4.78 is 35.3. The molecule has 8 heteroatoms. The lowest BCUT2D eigenvalue weighted by atomic mass is 10.1. The Hall–Kier alpha value is -3.20. The van der Waals surface area contributed by atoms with Crippen molar-refractivity contribution < 1.29 is 17.9 Å². The summed E-state index contributed by atoms with van der Waals surface area (Å²) in [6.07, 6.45) is 0. The first-order chi connectivity index (χ1) is 16.0. The van der Waals surface area contributed by atoms with E-state index in [0.717, 1.165) is 28.4 Å². The standard InChI is InChI=1S/C25H25N3O4S/c1-2-28-22-9-5-3-7-19(22)21-17-18(11-12-23(21)28)26-25(29)20-8-4-6-10-24(20)33(30,31)27-13-15-32-16-14-27/h3-12,17H,2,13-16H2,1H3,(H,26,29). The first-order valence-corrected chi connectivity index (χ1v) is 12.4. The fourth-order valence-electron chi connectivity index (χ4n) is 4.48. The minimum atomic E-state index is -3.80. The van der Waals surface area contributed by atoms with Crippen LogP contribution >= 0.6 is 0 Å². The van der Waals surface area contributed by atoms with Crippen molar-refractivity contribution in [2.24, 2.45) is 0 Å². The number of hydrogen-bond acceptors (Lipinski definition) is 4. The van der Waals surface area contributed by atoms with E-state index in [2.05, 4.69) is 28.9 Å². The number of carbonyl (C=O) groups excluding carboxylic acids is 1. The van der Waals surface area contributed by atoms with Crippen LogP contribution in [0.1, 0.15) is 17.3 Å². The van der Waals surface area contributed by atoms with Gasteiger partial charge in [0.15, 0.2) is 0 Å². The fourth-order valence-corrected chi connectivity index (χ4v) is 6.07. The van der Waals surface area contributed by atoms with Crippen LogP contribution in [0.2, 0.25) is 0 Å². The number of anilines is 1. The Morgan fingerprint density at radius 3 is 2.42 bits per heavy atom. The number of amides is 1. The molecule has 1 aromatic heterocycles. The Kier molecular flexibility index (Phi) is 5.65. The molecular formula is C25H25N3O4S. The molecule has 0 spiro atoms. The van der Waals surface area contributed by atoms with Crippen LogP contribution in [0.5, 0.6) is 0 Å². The number of nitrogens with one attached hydrogen (secondary N) is 1. The van der Waals surface area contributed by atoms with E-state index in [1.165, 1.54) is 10.4 Å². The molecule has 1 saturated heterocycles. The van der Waals surface area contributed by atoms with Crippen LogP contribution in [0, 0.1) is 0 Å². The first kappa shape index (κ1) is 21.6. The number of fused-ring (bicyclic) bond motifs is 3. The maximum Gasteiger partial charge on any atom is 0.257 e. The van der Waals surface area contributed by atoms with Gasteiger partial charge in [0, 0.05) is 47.1 Å². The van der Waals surface area contributed by atoms with Crippen molar-refractivity contribution in [3.8, 4) is 0 Å². The zero-order chi connectivity index (χ0) is 23.0. The van der Waals surface area contributed by atoms with Crippen molar-refractivity contribution in [3.05, 3.63) is 72.3 Å². The Labute approximate surface area is 192 Å². The van der Waals surface area contributed by atoms with Gasteiger partial charge in [0.2, 0.25) is 10.0 Å². The number of benzene rings is 3. The van der Waals surface area contributed by atoms with E-state index >= 15 is 0 Å². The van der Waals surface area contributed by atoms with Gasteiger partial charge in [-0.2, -0.15) is 4.31 Å². The topological polar surface area (TPSA) is 80.6 Å². The molecular weight excluding hydrogens is 438 g/mol. The monoisotopic (exact) mass is 463 g/mol. The molecule has 2 heterocycles. The summed E-state index contributed by atoms with van der Waals surface area (Å²) >= 11 is 0. The van der Waals surface area contributed by atoms with Gasteiger partial charge < -0.3 is 14.6 Å². The Morgan fingerprint density at radius 1 is 0.939 bits per heavy atom. The summed E-state index contributed by atoms with van der Waals surface area (Å²) in [6.45, 7) is 4.18. The van der Waals surface area contributed by atoms with E-state index in [1.807, 2.05) is 30.3 Å². The molecule has 0 radical (unpaired) electrons. The highest BCUT2D eigenvalue weighted by molar-refractivity contribution is 7.89. The quantitative estimate of drug-likeness (QED) is 0.484. The minimum Gasteiger partial charge on any atom is -0.379 e. The van der Waals surface area contributed by atoms with Crippen molar-refractivity contribution in [2.75, 3.05) is 31.6 Å². The number of rotatable bonds is 5. The smallest absolute Gasteiger partial charge is 0.257 e. The highest BCUT2D eigenvalue weighted by Crippen LogP contribution is 2.31. The van der Waals surface area contributed by atoms with Gasteiger partial charge >= 0.3 is 0 Å². The van der Waals surface area contributed by atoms with Crippen molar-refractivity contribution in [1.82, 2.24) is 8.87 Å². The molecule has 1 aliphatic rings. The lowest BCUT2D eigenvalue weighted by molar-refractivity contribution is 0.0730. The van der Waals surface area contributed by atoms with E-state index < -0.39 is 15.9 Å². The third-order valence-electron chi connectivity index (χ3n) is 6.07. The number of nitrogens with zero attached hydrogens (tertiary/aromatic N) is 2. The molecule has 0 atom stereocenters. The summed E-state index contributed by atoms with van der Waals surface area (Å²) in [5, 5.41) is 5.05. The van der Waals surface area contributed by atoms with Crippen molar-refractivity contribution in [2.45, 2.75) is 18.4 Å². The lowest BCUT2D eigenvalue weighted by Gasteiger charge is -2.26. The third-order valence-corrected chi connectivity index (χ3v) is 8.02.